The maximum Gasteiger partial charge on any atom is 0.192 e. The highest BCUT2D eigenvalue weighted by molar-refractivity contribution is 6.74. The minimum absolute atomic E-state index is 0.106. The quantitative estimate of drug-likeness (QED) is 0.788. The summed E-state index contributed by atoms with van der Waals surface area (Å²) < 4.78 is 6.29. The molecule has 0 aliphatic carbocycles. The fourth-order valence-electron chi connectivity index (χ4n) is 2.08. The second-order valence-corrected chi connectivity index (χ2v) is 12.0. The summed E-state index contributed by atoms with van der Waals surface area (Å²) in [6, 6.07) is 10.1. The lowest BCUT2D eigenvalue weighted by Gasteiger charge is -2.38. The zero-order valence-corrected chi connectivity index (χ0v) is 14.8. The van der Waals surface area contributed by atoms with E-state index in [-0.39, 0.29) is 17.2 Å². The highest BCUT2D eigenvalue weighted by Gasteiger charge is 2.38. The SMILES string of the molecule is C[C@@H](C[C@H](O)Cc1ccccc1)O[Si](C)(C)C(C)(C)C. The van der Waals surface area contributed by atoms with E-state index in [2.05, 4.69) is 52.9 Å². The molecule has 1 aromatic carbocycles. The van der Waals surface area contributed by atoms with E-state index in [0.717, 1.165) is 0 Å². The van der Waals surface area contributed by atoms with Crippen LogP contribution < -0.4 is 0 Å². The zero-order chi connectivity index (χ0) is 15.4. The molecule has 0 amide bonds. The minimum atomic E-state index is -1.74. The van der Waals surface area contributed by atoms with Gasteiger partial charge in [0, 0.05) is 6.10 Å². The summed E-state index contributed by atoms with van der Waals surface area (Å²) >= 11 is 0. The van der Waals surface area contributed by atoms with Crippen LogP contribution in [0.2, 0.25) is 18.1 Å². The van der Waals surface area contributed by atoms with Gasteiger partial charge in [-0.05, 0) is 43.5 Å². The van der Waals surface area contributed by atoms with Crippen LogP contribution in [-0.4, -0.2) is 25.6 Å². The summed E-state index contributed by atoms with van der Waals surface area (Å²) in [5.74, 6) is 0. The van der Waals surface area contributed by atoms with Crippen molar-refractivity contribution in [2.75, 3.05) is 0 Å². The van der Waals surface area contributed by atoms with Crippen LogP contribution in [0, 0.1) is 0 Å². The standard InChI is InChI=1S/C17H30O2Si/c1-14(19-20(5,6)17(2,3)4)12-16(18)13-15-10-8-7-9-11-15/h7-11,14,16,18H,12-13H2,1-6H3/t14-,16-/m0/s1. The zero-order valence-electron chi connectivity index (χ0n) is 13.8. The predicted molar refractivity (Wildman–Crippen MR) is 88.5 cm³/mol. The molecule has 2 atom stereocenters. The molecule has 0 aromatic heterocycles. The number of hydrogen-bond acceptors (Lipinski definition) is 2. The van der Waals surface area contributed by atoms with Crippen LogP contribution >= 0.6 is 0 Å². The smallest absolute Gasteiger partial charge is 0.192 e. The van der Waals surface area contributed by atoms with Crippen LogP contribution in [0.5, 0.6) is 0 Å². The highest BCUT2D eigenvalue weighted by Crippen LogP contribution is 2.37. The van der Waals surface area contributed by atoms with Crippen molar-refractivity contribution in [3.63, 3.8) is 0 Å². The molecule has 0 saturated carbocycles. The molecule has 1 rings (SSSR count). The fourth-order valence-corrected chi connectivity index (χ4v) is 3.54. The minimum Gasteiger partial charge on any atom is -0.414 e. The van der Waals surface area contributed by atoms with Gasteiger partial charge < -0.3 is 9.53 Å². The van der Waals surface area contributed by atoms with Crippen molar-refractivity contribution < 1.29 is 9.53 Å². The van der Waals surface area contributed by atoms with Gasteiger partial charge >= 0.3 is 0 Å². The Kier molecular flexibility index (Phi) is 5.99. The Balaban J connectivity index is 2.48. The maximum atomic E-state index is 10.2. The third-order valence-electron chi connectivity index (χ3n) is 4.22. The van der Waals surface area contributed by atoms with Gasteiger partial charge in [0.15, 0.2) is 8.32 Å². The lowest BCUT2D eigenvalue weighted by molar-refractivity contribution is 0.0957. The average Bonchev–Trinajstić information content (AvgIpc) is 2.27. The number of benzene rings is 1. The topological polar surface area (TPSA) is 29.5 Å². The van der Waals surface area contributed by atoms with E-state index in [1.54, 1.807) is 0 Å². The fraction of sp³-hybridized carbons (Fsp3) is 0.647. The Bertz CT molecular complexity index is 395. The Morgan fingerprint density at radius 3 is 2.20 bits per heavy atom. The van der Waals surface area contributed by atoms with Crippen molar-refractivity contribution >= 4 is 8.32 Å². The Morgan fingerprint density at radius 2 is 1.70 bits per heavy atom. The summed E-state index contributed by atoms with van der Waals surface area (Å²) in [5.41, 5.74) is 1.18. The van der Waals surface area contributed by atoms with Gasteiger partial charge in [-0.25, -0.2) is 0 Å². The summed E-state index contributed by atoms with van der Waals surface area (Å²) in [7, 11) is -1.74. The third kappa shape index (κ3) is 5.39. The molecule has 1 aromatic rings. The van der Waals surface area contributed by atoms with Crippen molar-refractivity contribution in [1.29, 1.82) is 0 Å². The molecule has 20 heavy (non-hydrogen) atoms. The van der Waals surface area contributed by atoms with Crippen LogP contribution in [0.4, 0.5) is 0 Å². The van der Waals surface area contributed by atoms with Crippen molar-refractivity contribution in [2.45, 2.75) is 70.9 Å². The van der Waals surface area contributed by atoms with E-state index in [1.165, 1.54) is 5.56 Å². The second kappa shape index (κ2) is 6.88. The molecular weight excluding hydrogens is 264 g/mol. The van der Waals surface area contributed by atoms with Gasteiger partial charge in [0.25, 0.3) is 0 Å². The Labute approximate surface area is 125 Å². The molecule has 2 nitrogen and oxygen atoms in total. The van der Waals surface area contributed by atoms with Gasteiger partial charge in [-0.3, -0.25) is 0 Å². The molecule has 0 saturated heterocycles. The van der Waals surface area contributed by atoms with Crippen LogP contribution in [0.15, 0.2) is 30.3 Å². The first-order valence-electron chi connectivity index (χ1n) is 7.51. The van der Waals surface area contributed by atoms with Crippen LogP contribution in [-0.2, 0) is 10.8 Å². The summed E-state index contributed by atoms with van der Waals surface area (Å²) in [4.78, 5) is 0. The molecule has 1 N–H and O–H groups in total. The van der Waals surface area contributed by atoms with Gasteiger partial charge in [-0.1, -0.05) is 51.1 Å². The molecule has 0 radical (unpaired) electrons. The highest BCUT2D eigenvalue weighted by atomic mass is 28.4. The number of aliphatic hydroxyl groups is 1. The monoisotopic (exact) mass is 294 g/mol. The van der Waals surface area contributed by atoms with E-state index in [9.17, 15) is 5.11 Å². The number of hydrogen-bond donors (Lipinski definition) is 1. The van der Waals surface area contributed by atoms with E-state index >= 15 is 0 Å². The molecule has 3 heteroatoms. The molecule has 0 aliphatic heterocycles. The first-order chi connectivity index (χ1) is 9.12. The average molecular weight is 295 g/mol. The van der Waals surface area contributed by atoms with Gasteiger partial charge in [0.2, 0.25) is 0 Å². The van der Waals surface area contributed by atoms with E-state index in [1.807, 2.05) is 18.2 Å². The third-order valence-corrected chi connectivity index (χ3v) is 8.82. The van der Waals surface area contributed by atoms with Crippen LogP contribution in [0.1, 0.15) is 39.7 Å². The predicted octanol–water partition coefficient (Wildman–Crippen LogP) is 4.39. The Morgan fingerprint density at radius 1 is 1.15 bits per heavy atom. The van der Waals surface area contributed by atoms with E-state index < -0.39 is 8.32 Å². The molecule has 0 aliphatic rings. The van der Waals surface area contributed by atoms with Crippen molar-refractivity contribution in [3.05, 3.63) is 35.9 Å². The van der Waals surface area contributed by atoms with Crippen LogP contribution in [0.25, 0.3) is 0 Å². The van der Waals surface area contributed by atoms with Crippen LogP contribution in [0.3, 0.4) is 0 Å². The van der Waals surface area contributed by atoms with E-state index in [0.29, 0.717) is 12.8 Å². The van der Waals surface area contributed by atoms with Crippen molar-refractivity contribution in [3.8, 4) is 0 Å². The van der Waals surface area contributed by atoms with Gasteiger partial charge in [-0.15, -0.1) is 0 Å². The first-order valence-corrected chi connectivity index (χ1v) is 10.4. The lowest BCUT2D eigenvalue weighted by atomic mass is 10.0. The molecule has 0 heterocycles. The van der Waals surface area contributed by atoms with E-state index in [4.69, 9.17) is 4.43 Å². The van der Waals surface area contributed by atoms with Gasteiger partial charge in [0.05, 0.1) is 6.10 Å². The maximum absolute atomic E-state index is 10.2. The molecule has 0 bridgehead atoms. The lowest BCUT2D eigenvalue weighted by Crippen LogP contribution is -2.44. The number of aliphatic hydroxyl groups excluding tert-OH is 1. The summed E-state index contributed by atoms with van der Waals surface area (Å²) in [6.07, 6.45) is 1.17. The normalized spacial score (nSPS) is 15.9. The van der Waals surface area contributed by atoms with Gasteiger partial charge in [-0.2, -0.15) is 0 Å². The van der Waals surface area contributed by atoms with Crippen molar-refractivity contribution in [2.24, 2.45) is 0 Å². The van der Waals surface area contributed by atoms with Gasteiger partial charge in [0.1, 0.15) is 0 Å². The summed E-state index contributed by atoms with van der Waals surface area (Å²) in [5, 5.41) is 10.4. The largest absolute Gasteiger partial charge is 0.414 e. The molecule has 0 unspecified atom stereocenters. The molecule has 114 valence electrons. The Hall–Kier alpha value is -0.643. The first kappa shape index (κ1) is 17.4. The number of rotatable bonds is 6. The second-order valence-electron chi connectivity index (χ2n) is 7.27. The van der Waals surface area contributed by atoms with Crippen molar-refractivity contribution in [1.82, 2.24) is 0 Å². The molecule has 0 spiro atoms. The summed E-state index contributed by atoms with van der Waals surface area (Å²) in [6.45, 7) is 13.3. The molecule has 0 fully saturated rings. The molecular formula is C17H30O2Si.